The highest BCUT2D eigenvalue weighted by molar-refractivity contribution is 5.71. The van der Waals surface area contributed by atoms with Crippen LogP contribution >= 0.6 is 0 Å². The van der Waals surface area contributed by atoms with Crippen LogP contribution in [-0.4, -0.2) is 55.9 Å². The van der Waals surface area contributed by atoms with E-state index in [4.69, 9.17) is 4.74 Å². The monoisotopic (exact) mass is 518 g/mol. The molecule has 8 nitrogen and oxygen atoms in total. The molecule has 0 unspecified atom stereocenters. The fourth-order valence-corrected chi connectivity index (χ4v) is 6.95. The summed E-state index contributed by atoms with van der Waals surface area (Å²) >= 11 is 0. The molecule has 3 aromatic rings. The number of hydrogen-bond acceptors (Lipinski definition) is 8. The van der Waals surface area contributed by atoms with Crippen LogP contribution in [0.1, 0.15) is 64.5 Å². The van der Waals surface area contributed by atoms with Gasteiger partial charge in [-0.15, -0.1) is 15.3 Å². The van der Waals surface area contributed by atoms with Crippen molar-refractivity contribution in [2.24, 2.45) is 10.8 Å². The summed E-state index contributed by atoms with van der Waals surface area (Å²) < 4.78 is 21.4. The van der Waals surface area contributed by atoms with Gasteiger partial charge in [-0.3, -0.25) is 0 Å². The lowest BCUT2D eigenvalue weighted by molar-refractivity contribution is -0.0554. The van der Waals surface area contributed by atoms with Crippen molar-refractivity contribution in [2.75, 3.05) is 12.0 Å². The van der Waals surface area contributed by atoms with Crippen LogP contribution < -0.4 is 9.64 Å². The second kappa shape index (κ2) is 9.13. The predicted molar refractivity (Wildman–Crippen MR) is 143 cm³/mol. The molecule has 0 aliphatic heterocycles. The van der Waals surface area contributed by atoms with Crippen LogP contribution in [0.3, 0.4) is 0 Å². The molecule has 2 heterocycles. The molecule has 3 aliphatic carbocycles. The molecule has 2 aromatic heterocycles. The Kier molecular flexibility index (Phi) is 6.00. The number of aromatic hydroxyl groups is 1. The van der Waals surface area contributed by atoms with Crippen molar-refractivity contribution < 1.29 is 14.2 Å². The summed E-state index contributed by atoms with van der Waals surface area (Å²) in [5.41, 5.74) is 2.31. The van der Waals surface area contributed by atoms with Crippen LogP contribution in [0.15, 0.2) is 30.5 Å². The molecule has 9 heteroatoms. The normalized spacial score (nSPS) is 28.7. The minimum Gasteiger partial charge on any atom is -0.507 e. The molecule has 6 rings (SSSR count). The molecule has 3 aliphatic rings. The van der Waals surface area contributed by atoms with Gasteiger partial charge >= 0.3 is 0 Å². The molecule has 1 N–H and O–H groups in total. The summed E-state index contributed by atoms with van der Waals surface area (Å²) in [6, 6.07) is 7.04. The van der Waals surface area contributed by atoms with E-state index < -0.39 is 6.17 Å². The van der Waals surface area contributed by atoms with Crippen molar-refractivity contribution in [3.05, 3.63) is 36.2 Å². The zero-order chi connectivity index (χ0) is 26.7. The number of fused-ring (bicyclic) bond motifs is 2. The van der Waals surface area contributed by atoms with E-state index in [1.54, 1.807) is 31.5 Å². The van der Waals surface area contributed by atoms with Gasteiger partial charge in [-0.1, -0.05) is 26.3 Å². The number of halogens is 1. The first-order valence-electron chi connectivity index (χ1n) is 13.5. The summed E-state index contributed by atoms with van der Waals surface area (Å²) in [6.07, 6.45) is 7.84. The Morgan fingerprint density at radius 1 is 1.08 bits per heavy atom. The van der Waals surface area contributed by atoms with Crippen molar-refractivity contribution >= 4 is 5.82 Å². The fourth-order valence-electron chi connectivity index (χ4n) is 6.95. The van der Waals surface area contributed by atoms with Gasteiger partial charge in [-0.25, -0.2) is 9.37 Å². The summed E-state index contributed by atoms with van der Waals surface area (Å²) in [6.45, 7) is 6.28. The maximum Gasteiger partial charge on any atom is 0.185 e. The molecule has 38 heavy (non-hydrogen) atoms. The van der Waals surface area contributed by atoms with Gasteiger partial charge < -0.3 is 14.7 Å². The third-order valence-electron chi connectivity index (χ3n) is 8.86. The number of methoxy groups -OCH3 is 1. The van der Waals surface area contributed by atoms with E-state index in [0.29, 0.717) is 39.9 Å². The zero-order valence-corrected chi connectivity index (χ0v) is 22.5. The second-order valence-corrected chi connectivity index (χ2v) is 12.1. The number of hydrogen-bond donors (Lipinski definition) is 1. The van der Waals surface area contributed by atoms with E-state index in [2.05, 4.69) is 44.1 Å². The average molecular weight is 519 g/mol. The highest BCUT2D eigenvalue weighted by Crippen LogP contribution is 2.58. The first-order valence-corrected chi connectivity index (χ1v) is 13.5. The van der Waals surface area contributed by atoms with E-state index >= 15 is 4.39 Å². The van der Waals surface area contributed by atoms with Gasteiger partial charge in [0.05, 0.1) is 30.6 Å². The number of ether oxygens (including phenoxy) is 1. The largest absolute Gasteiger partial charge is 0.507 e. The van der Waals surface area contributed by atoms with Gasteiger partial charge in [0.2, 0.25) is 0 Å². The van der Waals surface area contributed by atoms with Crippen LogP contribution in [-0.2, 0) is 0 Å². The van der Waals surface area contributed by atoms with Gasteiger partial charge in [-0.05, 0) is 63.0 Å². The van der Waals surface area contributed by atoms with Crippen LogP contribution in [0.5, 0.6) is 11.5 Å². The third-order valence-corrected chi connectivity index (χ3v) is 8.86. The minimum atomic E-state index is -0.905. The molecule has 200 valence electrons. The molecule has 4 atom stereocenters. The predicted octanol–water partition coefficient (Wildman–Crippen LogP) is 5.68. The number of benzene rings is 1. The topological polar surface area (TPSA) is 97.2 Å². The number of phenolic OH excluding ortho intramolecular Hbond substituents is 1. The number of nitrogens with zero attached hydrogens (tertiary/aromatic N) is 6. The highest BCUT2D eigenvalue weighted by atomic mass is 19.1. The molecule has 2 bridgehead atoms. The van der Waals surface area contributed by atoms with Crippen molar-refractivity contribution in [1.82, 2.24) is 25.4 Å². The first kappa shape index (κ1) is 24.9. The molecule has 3 saturated carbocycles. The number of phenols is 1. The Morgan fingerprint density at radius 3 is 2.58 bits per heavy atom. The number of anilines is 1. The second-order valence-electron chi connectivity index (χ2n) is 12.1. The molecule has 3 fully saturated rings. The lowest BCUT2D eigenvalue weighted by Crippen LogP contribution is -2.58. The summed E-state index contributed by atoms with van der Waals surface area (Å²) in [5.74, 6) is 1.58. The van der Waals surface area contributed by atoms with Crippen LogP contribution in [0, 0.1) is 17.8 Å². The lowest BCUT2D eigenvalue weighted by Gasteiger charge is -2.56. The standard InChI is InChI=1S/C29H35FN6O2/c1-17-24(38-4)13-21(33-32-17)18-6-9-20(23(37)12-18)27-31-15-25(34-35-27)36(19-7-8-19)22-14-28(2)10-5-11-29(3,16-28)26(22)30/h6,9,12-13,15,19,22,26,37H,5,7-8,10-11,14,16H2,1-4H3/t22-,26-,28-,29-/m1/s1. The molecule has 0 amide bonds. The van der Waals surface area contributed by atoms with Gasteiger partial charge in [0.25, 0.3) is 0 Å². The number of alkyl halides is 1. The average Bonchev–Trinajstić information content (AvgIpc) is 3.73. The smallest absolute Gasteiger partial charge is 0.185 e. The van der Waals surface area contributed by atoms with E-state index in [9.17, 15) is 5.11 Å². The van der Waals surface area contributed by atoms with Crippen molar-refractivity contribution in [3.63, 3.8) is 0 Å². The van der Waals surface area contributed by atoms with Crippen molar-refractivity contribution in [1.29, 1.82) is 0 Å². The van der Waals surface area contributed by atoms with Gasteiger partial charge in [0.1, 0.15) is 23.4 Å². The molecule has 0 radical (unpaired) electrons. The summed E-state index contributed by atoms with van der Waals surface area (Å²) in [5, 5.41) is 28.0. The van der Waals surface area contributed by atoms with Gasteiger partial charge in [0.15, 0.2) is 11.6 Å². The zero-order valence-electron chi connectivity index (χ0n) is 22.5. The van der Waals surface area contributed by atoms with Gasteiger partial charge in [0, 0.05) is 23.1 Å². The Bertz CT molecular complexity index is 1350. The quantitative estimate of drug-likeness (QED) is 0.445. The third kappa shape index (κ3) is 4.35. The van der Waals surface area contributed by atoms with E-state index in [1.165, 1.54) is 0 Å². The molecule has 1 aromatic carbocycles. The Morgan fingerprint density at radius 2 is 1.89 bits per heavy atom. The molecule has 0 spiro atoms. The maximum atomic E-state index is 16.1. The SMILES string of the molecule is COc1cc(-c2ccc(-c3ncc(N(C4CC4)[C@@H]4C[C@@]5(C)CCC[C@](C)(C5)[C@@H]4F)nn3)c(O)c2)nnc1C. The Labute approximate surface area is 222 Å². The maximum absolute atomic E-state index is 16.1. The highest BCUT2D eigenvalue weighted by Gasteiger charge is 2.56. The van der Waals surface area contributed by atoms with E-state index in [-0.39, 0.29) is 28.7 Å². The number of aromatic nitrogens is 5. The van der Waals surface area contributed by atoms with Crippen molar-refractivity contribution in [3.8, 4) is 34.1 Å². The number of rotatable bonds is 6. The van der Waals surface area contributed by atoms with Gasteiger partial charge in [-0.2, -0.15) is 5.10 Å². The van der Waals surface area contributed by atoms with E-state index in [0.717, 1.165) is 44.9 Å². The molecule has 0 saturated heterocycles. The Hall–Kier alpha value is -3.36. The number of aryl methyl sites for hydroxylation is 1. The van der Waals surface area contributed by atoms with Crippen LogP contribution in [0.4, 0.5) is 10.2 Å². The van der Waals surface area contributed by atoms with Crippen LogP contribution in [0.2, 0.25) is 0 Å². The molecular formula is C29H35FN6O2. The van der Waals surface area contributed by atoms with E-state index in [1.807, 2.05) is 13.0 Å². The Balaban J connectivity index is 1.27. The molecular weight excluding hydrogens is 483 g/mol. The lowest BCUT2D eigenvalue weighted by atomic mass is 9.54. The first-order chi connectivity index (χ1) is 18.2. The van der Waals surface area contributed by atoms with Crippen molar-refractivity contribution in [2.45, 2.75) is 84.0 Å². The summed E-state index contributed by atoms with van der Waals surface area (Å²) in [4.78, 5) is 6.73. The minimum absolute atomic E-state index is 0.0159. The summed E-state index contributed by atoms with van der Waals surface area (Å²) in [7, 11) is 1.58. The van der Waals surface area contributed by atoms with Crippen LogP contribution in [0.25, 0.3) is 22.6 Å². The fraction of sp³-hybridized carbons (Fsp3) is 0.552.